The Labute approximate surface area is 208 Å². The molecule has 2 N–H and O–H groups in total. The van der Waals surface area contributed by atoms with E-state index in [1.165, 1.54) is 7.11 Å². The minimum absolute atomic E-state index is 0.0950. The quantitative estimate of drug-likeness (QED) is 0.253. The number of aryl methyl sites for hydroxylation is 1. The molecule has 0 aliphatic heterocycles. The lowest BCUT2D eigenvalue weighted by molar-refractivity contribution is -0.139. The number of nitrogens with zero attached hydrogens (tertiary/aromatic N) is 1. The molecule has 3 rings (SSSR count). The van der Waals surface area contributed by atoms with Crippen LogP contribution in [0.2, 0.25) is 0 Å². The molecule has 3 aromatic carbocycles. The number of aliphatic carboxylic acids is 2. The molecule has 0 aromatic heterocycles. The standard InChI is InChI=1S/C27H27NO8/c1-33-28-24(20-5-3-2-4-6-20)17-35-22-11-7-19(8-12-22)16-34-23-13-9-21(10-14-26(29)30)25(15-23)36-18-27(31)32/h2-9,11-13,15H,10,14,16-18H2,1H3,(H,29,30)(H,31,32)/b28-24+. The van der Waals surface area contributed by atoms with Crippen LogP contribution in [-0.4, -0.2) is 48.2 Å². The van der Waals surface area contributed by atoms with Crippen molar-refractivity contribution >= 4 is 17.7 Å². The van der Waals surface area contributed by atoms with Crippen molar-refractivity contribution in [2.24, 2.45) is 5.16 Å². The van der Waals surface area contributed by atoms with Crippen molar-refractivity contribution in [3.63, 3.8) is 0 Å². The molecule has 0 amide bonds. The Morgan fingerprint density at radius 2 is 1.53 bits per heavy atom. The molecule has 3 aromatic rings. The van der Waals surface area contributed by atoms with Gasteiger partial charge in [-0.25, -0.2) is 4.79 Å². The Morgan fingerprint density at radius 3 is 2.19 bits per heavy atom. The first-order valence-electron chi connectivity index (χ1n) is 11.1. The van der Waals surface area contributed by atoms with E-state index in [4.69, 9.17) is 29.3 Å². The minimum atomic E-state index is -1.13. The van der Waals surface area contributed by atoms with Crippen molar-refractivity contribution in [1.29, 1.82) is 0 Å². The summed E-state index contributed by atoms with van der Waals surface area (Å²) in [4.78, 5) is 26.7. The van der Waals surface area contributed by atoms with E-state index in [1.54, 1.807) is 18.2 Å². The summed E-state index contributed by atoms with van der Waals surface area (Å²) in [5, 5.41) is 21.9. The normalized spacial score (nSPS) is 11.0. The second kappa shape index (κ2) is 13.4. The van der Waals surface area contributed by atoms with Gasteiger partial charge >= 0.3 is 11.9 Å². The topological polar surface area (TPSA) is 124 Å². The van der Waals surface area contributed by atoms with Gasteiger partial charge in [0.2, 0.25) is 0 Å². The van der Waals surface area contributed by atoms with E-state index in [0.29, 0.717) is 22.8 Å². The van der Waals surface area contributed by atoms with E-state index >= 15 is 0 Å². The SMILES string of the molecule is CO/N=C(\COc1ccc(COc2ccc(CCC(=O)O)c(OCC(=O)O)c2)cc1)c1ccccc1. The Bertz CT molecular complexity index is 1180. The average Bonchev–Trinajstić information content (AvgIpc) is 2.89. The number of benzene rings is 3. The monoisotopic (exact) mass is 493 g/mol. The van der Waals surface area contributed by atoms with Crippen LogP contribution in [0.15, 0.2) is 78.0 Å². The molecule has 0 aliphatic rings. The van der Waals surface area contributed by atoms with Crippen LogP contribution >= 0.6 is 0 Å². The number of hydrogen-bond donors (Lipinski definition) is 2. The Morgan fingerprint density at radius 1 is 0.806 bits per heavy atom. The van der Waals surface area contributed by atoms with Gasteiger partial charge in [-0.3, -0.25) is 4.79 Å². The van der Waals surface area contributed by atoms with E-state index < -0.39 is 18.5 Å². The highest BCUT2D eigenvalue weighted by atomic mass is 16.6. The summed E-state index contributed by atoms with van der Waals surface area (Å²) in [5.74, 6) is -0.665. The van der Waals surface area contributed by atoms with Gasteiger partial charge in [0.25, 0.3) is 0 Å². The van der Waals surface area contributed by atoms with E-state index in [0.717, 1.165) is 11.1 Å². The van der Waals surface area contributed by atoms with Gasteiger partial charge in [-0.05, 0) is 35.7 Å². The molecular weight excluding hydrogens is 466 g/mol. The third kappa shape index (κ3) is 8.35. The third-order valence-corrected chi connectivity index (χ3v) is 5.01. The van der Waals surface area contributed by atoms with Gasteiger partial charge in [0.15, 0.2) is 6.61 Å². The molecule has 0 radical (unpaired) electrons. The molecule has 0 aliphatic carbocycles. The summed E-state index contributed by atoms with van der Waals surface area (Å²) in [5.41, 5.74) is 3.06. The summed E-state index contributed by atoms with van der Waals surface area (Å²) in [6.45, 7) is -0.0410. The van der Waals surface area contributed by atoms with Crippen molar-refractivity contribution in [3.8, 4) is 17.2 Å². The lowest BCUT2D eigenvalue weighted by Crippen LogP contribution is -2.13. The smallest absolute Gasteiger partial charge is 0.341 e. The molecule has 9 nitrogen and oxygen atoms in total. The number of rotatable bonds is 14. The summed E-state index contributed by atoms with van der Waals surface area (Å²) in [6.07, 6.45) is 0.120. The zero-order valence-electron chi connectivity index (χ0n) is 19.8. The predicted molar refractivity (Wildman–Crippen MR) is 132 cm³/mol. The molecule has 36 heavy (non-hydrogen) atoms. The molecule has 0 atom stereocenters. The van der Waals surface area contributed by atoms with Crippen LogP contribution in [0.4, 0.5) is 0 Å². The number of carbonyl (C=O) groups is 2. The second-order valence-corrected chi connectivity index (χ2v) is 7.65. The van der Waals surface area contributed by atoms with Gasteiger partial charge < -0.3 is 29.3 Å². The van der Waals surface area contributed by atoms with E-state index in [9.17, 15) is 9.59 Å². The van der Waals surface area contributed by atoms with E-state index in [1.807, 2.05) is 54.6 Å². The summed E-state index contributed by atoms with van der Waals surface area (Å²) in [6, 6.07) is 21.9. The maximum absolute atomic E-state index is 10.9. The van der Waals surface area contributed by atoms with Gasteiger partial charge in [-0.2, -0.15) is 0 Å². The molecule has 0 spiro atoms. The fraction of sp³-hybridized carbons (Fsp3) is 0.222. The number of oxime groups is 1. The van der Waals surface area contributed by atoms with Gasteiger partial charge in [0, 0.05) is 18.1 Å². The van der Waals surface area contributed by atoms with Gasteiger partial charge in [-0.15, -0.1) is 0 Å². The molecule has 0 unspecified atom stereocenters. The van der Waals surface area contributed by atoms with Gasteiger partial charge in [0.05, 0.1) is 0 Å². The van der Waals surface area contributed by atoms with Crippen LogP contribution in [0.5, 0.6) is 17.2 Å². The molecule has 188 valence electrons. The van der Waals surface area contributed by atoms with Crippen LogP contribution in [0.25, 0.3) is 0 Å². The van der Waals surface area contributed by atoms with Crippen molar-refractivity contribution in [1.82, 2.24) is 0 Å². The van der Waals surface area contributed by atoms with Crippen molar-refractivity contribution in [3.05, 3.63) is 89.5 Å². The molecule has 0 heterocycles. The number of ether oxygens (including phenoxy) is 3. The highest BCUT2D eigenvalue weighted by Crippen LogP contribution is 2.27. The fourth-order valence-corrected chi connectivity index (χ4v) is 3.25. The van der Waals surface area contributed by atoms with Crippen molar-refractivity contribution < 1.29 is 38.9 Å². The lowest BCUT2D eigenvalue weighted by atomic mass is 10.1. The first-order chi connectivity index (χ1) is 17.4. The Hall–Kier alpha value is -4.53. The zero-order valence-corrected chi connectivity index (χ0v) is 19.8. The maximum atomic E-state index is 10.9. The first kappa shape index (κ1) is 26.1. The molecule has 9 heteroatoms. The maximum Gasteiger partial charge on any atom is 0.341 e. The van der Waals surface area contributed by atoms with Gasteiger partial charge in [0.1, 0.15) is 43.3 Å². The van der Waals surface area contributed by atoms with Gasteiger partial charge in [-0.1, -0.05) is 53.7 Å². The summed E-state index contributed by atoms with van der Waals surface area (Å²) >= 11 is 0. The zero-order chi connectivity index (χ0) is 25.8. The predicted octanol–water partition coefficient (Wildman–Crippen LogP) is 4.18. The molecule has 0 fully saturated rings. The first-order valence-corrected chi connectivity index (χ1v) is 11.1. The Balaban J connectivity index is 1.59. The van der Waals surface area contributed by atoms with Crippen LogP contribution in [0.3, 0.4) is 0 Å². The summed E-state index contributed by atoms with van der Waals surface area (Å²) < 4.78 is 17.0. The largest absolute Gasteiger partial charge is 0.489 e. The van der Waals surface area contributed by atoms with Crippen LogP contribution < -0.4 is 14.2 Å². The molecule has 0 saturated carbocycles. The van der Waals surface area contributed by atoms with Crippen LogP contribution in [0.1, 0.15) is 23.1 Å². The second-order valence-electron chi connectivity index (χ2n) is 7.65. The van der Waals surface area contributed by atoms with Crippen LogP contribution in [-0.2, 0) is 27.5 Å². The van der Waals surface area contributed by atoms with Crippen molar-refractivity contribution in [2.75, 3.05) is 20.3 Å². The fourth-order valence-electron chi connectivity index (χ4n) is 3.25. The van der Waals surface area contributed by atoms with Crippen molar-refractivity contribution in [2.45, 2.75) is 19.4 Å². The van der Waals surface area contributed by atoms with E-state index in [-0.39, 0.29) is 31.8 Å². The minimum Gasteiger partial charge on any atom is -0.489 e. The van der Waals surface area contributed by atoms with Crippen LogP contribution in [0, 0.1) is 0 Å². The molecular formula is C27H27NO8. The number of hydrogen-bond acceptors (Lipinski definition) is 7. The summed E-state index contributed by atoms with van der Waals surface area (Å²) in [7, 11) is 1.49. The highest BCUT2D eigenvalue weighted by Gasteiger charge is 2.11. The molecule has 0 saturated heterocycles. The highest BCUT2D eigenvalue weighted by molar-refractivity contribution is 6.01. The lowest BCUT2D eigenvalue weighted by Gasteiger charge is -2.13. The number of carboxylic acids is 2. The average molecular weight is 494 g/mol. The third-order valence-electron chi connectivity index (χ3n) is 5.01. The Kier molecular flexibility index (Phi) is 9.69. The van der Waals surface area contributed by atoms with E-state index in [2.05, 4.69) is 5.16 Å². The molecule has 0 bridgehead atoms. The number of carboxylic acid groups (broad SMARTS) is 2.